The van der Waals surface area contributed by atoms with Gasteiger partial charge in [-0.25, -0.2) is 0 Å². The van der Waals surface area contributed by atoms with Crippen LogP contribution < -0.4 is 5.32 Å². The van der Waals surface area contributed by atoms with Crippen LogP contribution in [0.15, 0.2) is 12.7 Å². The van der Waals surface area contributed by atoms with Gasteiger partial charge in [-0.2, -0.15) is 0 Å². The Hall–Kier alpha value is -1.28. The van der Waals surface area contributed by atoms with E-state index >= 15 is 0 Å². The van der Waals surface area contributed by atoms with E-state index in [4.69, 9.17) is 14.6 Å². The molecule has 4 atom stereocenters. The molecule has 1 aliphatic rings. The molecule has 0 radical (unpaired) electrons. The highest BCUT2D eigenvalue weighted by Crippen LogP contribution is 2.18. The first-order valence-corrected chi connectivity index (χ1v) is 5.49. The van der Waals surface area contributed by atoms with Crippen molar-refractivity contribution in [2.75, 3.05) is 13.2 Å². The fraction of sp³-hybridized carbons (Fsp3) is 0.636. The number of hydrogen-bond donors (Lipinski definition) is 3. The number of Topliss-reactive ketones (excluding diaryl/α,β-unsaturated/α-hetero) is 1. The molecule has 1 rings (SSSR count). The van der Waals surface area contributed by atoms with Crippen molar-refractivity contribution in [2.24, 2.45) is 0 Å². The topological polar surface area (TPSA) is 105 Å². The summed E-state index contributed by atoms with van der Waals surface area (Å²) in [4.78, 5) is 22.9. The first-order valence-electron chi connectivity index (χ1n) is 5.49. The maximum absolute atomic E-state index is 11.8. The highest BCUT2D eigenvalue weighted by atomic mass is 16.7. The van der Waals surface area contributed by atoms with E-state index in [0.29, 0.717) is 0 Å². The number of amides is 1. The van der Waals surface area contributed by atoms with E-state index in [1.807, 2.05) is 0 Å². The predicted octanol–water partition coefficient (Wildman–Crippen LogP) is -1.66. The van der Waals surface area contributed by atoms with Crippen molar-refractivity contribution in [2.45, 2.75) is 31.5 Å². The third-order valence-electron chi connectivity index (χ3n) is 2.45. The van der Waals surface area contributed by atoms with Gasteiger partial charge in [0.2, 0.25) is 5.91 Å². The summed E-state index contributed by atoms with van der Waals surface area (Å²) in [5.74, 6) is -1.09. The van der Waals surface area contributed by atoms with Gasteiger partial charge in [0, 0.05) is 6.92 Å². The largest absolute Gasteiger partial charge is 0.394 e. The molecule has 0 spiro atoms. The highest BCUT2D eigenvalue weighted by Gasteiger charge is 2.44. The zero-order valence-electron chi connectivity index (χ0n) is 10.0. The standard InChI is InChI=1S/C11H17NO6/c1-3-4-17-11-8(12-6(2)14)10(16)9(15)7(5-13)18-11/h3,7-9,11,13,15H,1,4-5H2,2H3,(H,12,14)/t7-,8-,9-,11?/m1/s1. The normalized spacial score (nSPS) is 32.1. The summed E-state index contributed by atoms with van der Waals surface area (Å²) in [6.07, 6.45) is -2.15. The average molecular weight is 259 g/mol. The molecule has 0 aromatic rings. The first-order chi connectivity index (χ1) is 8.51. The zero-order valence-corrected chi connectivity index (χ0v) is 10.0. The van der Waals surface area contributed by atoms with Crippen molar-refractivity contribution >= 4 is 11.7 Å². The quantitative estimate of drug-likeness (QED) is 0.510. The summed E-state index contributed by atoms with van der Waals surface area (Å²) in [6.45, 7) is 4.28. The fourth-order valence-electron chi connectivity index (χ4n) is 1.63. The molecule has 102 valence electrons. The molecule has 18 heavy (non-hydrogen) atoms. The summed E-state index contributed by atoms with van der Waals surface area (Å²) >= 11 is 0. The van der Waals surface area contributed by atoms with E-state index < -0.39 is 42.8 Å². The van der Waals surface area contributed by atoms with Crippen LogP contribution in [0.25, 0.3) is 0 Å². The third-order valence-corrected chi connectivity index (χ3v) is 2.45. The summed E-state index contributed by atoms with van der Waals surface area (Å²) in [6, 6.07) is -1.10. The Labute approximate surface area is 104 Å². The molecule has 0 aliphatic carbocycles. The summed E-state index contributed by atoms with van der Waals surface area (Å²) in [5.41, 5.74) is 0. The van der Waals surface area contributed by atoms with Crippen LogP contribution in [0.3, 0.4) is 0 Å². The second-order valence-corrected chi connectivity index (χ2v) is 3.87. The van der Waals surface area contributed by atoms with Crippen LogP contribution in [-0.4, -0.2) is 59.7 Å². The monoisotopic (exact) mass is 259 g/mol. The van der Waals surface area contributed by atoms with Crippen LogP contribution in [0.1, 0.15) is 6.92 Å². The Bertz CT molecular complexity index is 331. The van der Waals surface area contributed by atoms with Crippen LogP contribution in [0.5, 0.6) is 0 Å². The summed E-state index contributed by atoms with van der Waals surface area (Å²) < 4.78 is 10.4. The highest BCUT2D eigenvalue weighted by molar-refractivity contribution is 5.92. The Morgan fingerprint density at radius 3 is 2.83 bits per heavy atom. The number of aliphatic hydroxyl groups excluding tert-OH is 2. The van der Waals surface area contributed by atoms with Crippen molar-refractivity contribution in [3.05, 3.63) is 12.7 Å². The Kier molecular flexibility index (Phi) is 5.42. The van der Waals surface area contributed by atoms with Crippen molar-refractivity contribution in [1.29, 1.82) is 0 Å². The molecule has 1 fully saturated rings. The van der Waals surface area contributed by atoms with E-state index in [0.717, 1.165) is 0 Å². The minimum Gasteiger partial charge on any atom is -0.394 e. The SMILES string of the molecule is C=CCOC1O[C@H](CO)[C@@H](O)C(=O)[C@H]1NC(C)=O. The molecule has 0 aromatic heterocycles. The van der Waals surface area contributed by atoms with Gasteiger partial charge in [0.1, 0.15) is 18.2 Å². The van der Waals surface area contributed by atoms with Gasteiger partial charge in [-0.15, -0.1) is 6.58 Å². The molecule has 1 amide bonds. The van der Waals surface area contributed by atoms with Gasteiger partial charge in [0.05, 0.1) is 13.2 Å². The molecule has 1 heterocycles. The molecular weight excluding hydrogens is 242 g/mol. The number of rotatable bonds is 5. The minimum absolute atomic E-state index is 0.113. The molecule has 3 N–H and O–H groups in total. The van der Waals surface area contributed by atoms with Gasteiger partial charge in [0.15, 0.2) is 12.1 Å². The predicted molar refractivity (Wildman–Crippen MR) is 60.5 cm³/mol. The van der Waals surface area contributed by atoms with Gasteiger partial charge >= 0.3 is 0 Å². The lowest BCUT2D eigenvalue weighted by molar-refractivity contribution is -0.229. The van der Waals surface area contributed by atoms with Crippen LogP contribution in [-0.2, 0) is 19.1 Å². The maximum Gasteiger partial charge on any atom is 0.217 e. The first kappa shape index (κ1) is 14.8. The van der Waals surface area contributed by atoms with E-state index in [1.54, 1.807) is 0 Å². The summed E-state index contributed by atoms with van der Waals surface area (Å²) in [7, 11) is 0. The number of aliphatic hydroxyl groups is 2. The Morgan fingerprint density at radius 1 is 1.67 bits per heavy atom. The van der Waals surface area contributed by atoms with Gasteiger partial charge in [-0.3, -0.25) is 9.59 Å². The smallest absolute Gasteiger partial charge is 0.217 e. The number of ether oxygens (including phenoxy) is 2. The van der Waals surface area contributed by atoms with Crippen LogP contribution in [0.2, 0.25) is 0 Å². The second kappa shape index (κ2) is 6.60. The Balaban J connectivity index is 2.82. The van der Waals surface area contributed by atoms with Crippen molar-refractivity contribution < 1.29 is 29.3 Å². The fourth-order valence-corrected chi connectivity index (χ4v) is 1.63. The lowest BCUT2D eigenvalue weighted by atomic mass is 9.99. The second-order valence-electron chi connectivity index (χ2n) is 3.87. The van der Waals surface area contributed by atoms with Crippen LogP contribution >= 0.6 is 0 Å². The molecule has 1 saturated heterocycles. The van der Waals surface area contributed by atoms with Gasteiger partial charge < -0.3 is 25.0 Å². The zero-order chi connectivity index (χ0) is 13.7. The van der Waals surface area contributed by atoms with Crippen molar-refractivity contribution in [1.82, 2.24) is 5.32 Å². The van der Waals surface area contributed by atoms with Gasteiger partial charge in [-0.1, -0.05) is 6.08 Å². The molecule has 7 heteroatoms. The van der Waals surface area contributed by atoms with Crippen molar-refractivity contribution in [3.8, 4) is 0 Å². The molecule has 1 aliphatic heterocycles. The average Bonchev–Trinajstić information content (AvgIpc) is 2.33. The van der Waals surface area contributed by atoms with Gasteiger partial charge in [-0.05, 0) is 0 Å². The number of ketones is 1. The minimum atomic E-state index is -1.49. The van der Waals surface area contributed by atoms with E-state index in [1.165, 1.54) is 13.0 Å². The van der Waals surface area contributed by atoms with Crippen LogP contribution in [0, 0.1) is 0 Å². The maximum atomic E-state index is 11.8. The lowest BCUT2D eigenvalue weighted by Gasteiger charge is -2.37. The summed E-state index contributed by atoms with van der Waals surface area (Å²) in [5, 5.41) is 20.9. The van der Waals surface area contributed by atoms with E-state index in [9.17, 15) is 14.7 Å². The molecule has 0 bridgehead atoms. The number of carbonyl (C=O) groups is 2. The Morgan fingerprint density at radius 2 is 2.33 bits per heavy atom. The van der Waals surface area contributed by atoms with Crippen molar-refractivity contribution in [3.63, 3.8) is 0 Å². The molecule has 1 unspecified atom stereocenters. The van der Waals surface area contributed by atoms with E-state index in [-0.39, 0.29) is 6.61 Å². The number of hydrogen-bond acceptors (Lipinski definition) is 6. The third kappa shape index (κ3) is 3.36. The van der Waals surface area contributed by atoms with Gasteiger partial charge in [0.25, 0.3) is 0 Å². The van der Waals surface area contributed by atoms with E-state index in [2.05, 4.69) is 11.9 Å². The molecule has 0 aromatic carbocycles. The molecular formula is C11H17NO6. The lowest BCUT2D eigenvalue weighted by Crippen LogP contribution is -2.62. The molecule has 7 nitrogen and oxygen atoms in total. The number of carbonyl (C=O) groups excluding carboxylic acids is 2. The molecule has 0 saturated carbocycles. The number of nitrogens with one attached hydrogen (secondary N) is 1. The van der Waals surface area contributed by atoms with Crippen LogP contribution in [0.4, 0.5) is 0 Å².